The Morgan fingerprint density at radius 3 is 2.96 bits per heavy atom. The van der Waals surface area contributed by atoms with Crippen LogP contribution in [0.5, 0.6) is 5.75 Å². The first-order chi connectivity index (χ1) is 11.5. The van der Waals surface area contributed by atoms with Crippen molar-refractivity contribution >= 4 is 35.2 Å². The summed E-state index contributed by atoms with van der Waals surface area (Å²) in [4.78, 5) is 25.8. The van der Waals surface area contributed by atoms with Gasteiger partial charge in [0.1, 0.15) is 17.1 Å². The number of nitrogens with one attached hydrogen (secondary N) is 1. The summed E-state index contributed by atoms with van der Waals surface area (Å²) in [5.41, 5.74) is 0.641. The maximum absolute atomic E-state index is 13.8. The Labute approximate surface area is 142 Å². The smallest absolute Gasteiger partial charge is 0.265 e. The van der Waals surface area contributed by atoms with Crippen molar-refractivity contribution in [3.05, 3.63) is 47.3 Å². The van der Waals surface area contributed by atoms with Crippen molar-refractivity contribution in [3.63, 3.8) is 0 Å². The van der Waals surface area contributed by atoms with Gasteiger partial charge < -0.3 is 9.47 Å². The van der Waals surface area contributed by atoms with E-state index in [-0.39, 0.29) is 36.2 Å². The van der Waals surface area contributed by atoms with E-state index >= 15 is 0 Å². The zero-order valence-electron chi connectivity index (χ0n) is 12.5. The van der Waals surface area contributed by atoms with Gasteiger partial charge in [-0.05, 0) is 30.4 Å². The lowest BCUT2D eigenvalue weighted by atomic mass is 10.0. The summed E-state index contributed by atoms with van der Waals surface area (Å²) in [6.45, 7) is 3.91. The Hall–Kier alpha value is -2.58. The highest BCUT2D eigenvalue weighted by atomic mass is 32.1. The molecule has 124 valence electrons. The van der Waals surface area contributed by atoms with Crippen molar-refractivity contribution in [2.24, 2.45) is 0 Å². The predicted molar refractivity (Wildman–Crippen MR) is 87.3 cm³/mol. The number of rotatable bonds is 3. The largest absolute Gasteiger partial charge is 0.467 e. The van der Waals surface area contributed by atoms with Crippen LogP contribution in [0.1, 0.15) is 11.1 Å². The molecule has 1 N–H and O–H groups in total. The normalized spacial score (nSPS) is 19.0. The molecule has 8 heteroatoms. The summed E-state index contributed by atoms with van der Waals surface area (Å²) in [7, 11) is 0. The van der Waals surface area contributed by atoms with Crippen molar-refractivity contribution in [3.8, 4) is 5.75 Å². The van der Waals surface area contributed by atoms with Gasteiger partial charge in [0.25, 0.3) is 11.8 Å². The minimum Gasteiger partial charge on any atom is -0.467 e. The van der Waals surface area contributed by atoms with Gasteiger partial charge in [-0.3, -0.25) is 19.8 Å². The number of amides is 2. The maximum atomic E-state index is 13.8. The SMILES string of the molecule is C=CCN1C(=O)/C(=C/c2cc(F)cc3c2OCOC3)C(=O)NC1=S. The highest BCUT2D eigenvalue weighted by Crippen LogP contribution is 2.31. The fourth-order valence-corrected chi connectivity index (χ4v) is 2.71. The van der Waals surface area contributed by atoms with Gasteiger partial charge in [0.2, 0.25) is 0 Å². The molecule has 1 aromatic carbocycles. The molecule has 0 aliphatic carbocycles. The highest BCUT2D eigenvalue weighted by molar-refractivity contribution is 7.80. The van der Waals surface area contributed by atoms with Gasteiger partial charge in [-0.2, -0.15) is 0 Å². The van der Waals surface area contributed by atoms with E-state index in [2.05, 4.69) is 11.9 Å². The Morgan fingerprint density at radius 1 is 1.42 bits per heavy atom. The van der Waals surface area contributed by atoms with Crippen LogP contribution in [0.3, 0.4) is 0 Å². The number of hydrogen-bond acceptors (Lipinski definition) is 5. The van der Waals surface area contributed by atoms with Crippen LogP contribution in [0.25, 0.3) is 6.08 Å². The van der Waals surface area contributed by atoms with Gasteiger partial charge >= 0.3 is 0 Å². The van der Waals surface area contributed by atoms with E-state index in [0.29, 0.717) is 11.3 Å². The van der Waals surface area contributed by atoms with E-state index in [1.54, 1.807) is 0 Å². The number of halogens is 1. The second kappa shape index (κ2) is 6.50. The maximum Gasteiger partial charge on any atom is 0.265 e. The first-order valence-corrected chi connectivity index (χ1v) is 7.45. The molecule has 2 aliphatic heterocycles. The second-order valence-corrected chi connectivity index (χ2v) is 5.50. The summed E-state index contributed by atoms with van der Waals surface area (Å²) in [6.07, 6.45) is 2.78. The van der Waals surface area contributed by atoms with E-state index in [1.165, 1.54) is 29.2 Å². The van der Waals surface area contributed by atoms with E-state index in [0.717, 1.165) is 0 Å². The van der Waals surface area contributed by atoms with Crippen LogP contribution in [0.4, 0.5) is 4.39 Å². The fraction of sp³-hybridized carbons (Fsp3) is 0.188. The second-order valence-electron chi connectivity index (χ2n) is 5.12. The molecule has 0 radical (unpaired) electrons. The van der Waals surface area contributed by atoms with E-state index in [1.807, 2.05) is 0 Å². The molecule has 0 bridgehead atoms. The molecule has 1 saturated heterocycles. The first-order valence-electron chi connectivity index (χ1n) is 7.04. The van der Waals surface area contributed by atoms with Crippen molar-refractivity contribution < 1.29 is 23.5 Å². The van der Waals surface area contributed by atoms with Crippen LogP contribution in [0.15, 0.2) is 30.4 Å². The Morgan fingerprint density at radius 2 is 2.21 bits per heavy atom. The van der Waals surface area contributed by atoms with Crippen molar-refractivity contribution in [2.75, 3.05) is 13.3 Å². The molecule has 3 rings (SSSR count). The van der Waals surface area contributed by atoms with Crippen LogP contribution in [0, 0.1) is 5.82 Å². The van der Waals surface area contributed by atoms with Gasteiger partial charge in [-0.25, -0.2) is 4.39 Å². The van der Waals surface area contributed by atoms with E-state index in [4.69, 9.17) is 21.7 Å². The first kappa shape index (κ1) is 16.3. The Balaban J connectivity index is 2.05. The average Bonchev–Trinajstić information content (AvgIpc) is 2.55. The van der Waals surface area contributed by atoms with Crippen molar-refractivity contribution in [2.45, 2.75) is 6.61 Å². The van der Waals surface area contributed by atoms with Gasteiger partial charge in [0, 0.05) is 17.7 Å². The lowest BCUT2D eigenvalue weighted by molar-refractivity contribution is -0.128. The van der Waals surface area contributed by atoms with E-state index in [9.17, 15) is 14.0 Å². The number of fused-ring (bicyclic) bond motifs is 1. The summed E-state index contributed by atoms with van der Waals surface area (Å²) in [5.74, 6) is -1.35. The molecule has 1 fully saturated rings. The summed E-state index contributed by atoms with van der Waals surface area (Å²) in [5, 5.41) is 2.44. The molecule has 1 aromatic rings. The number of thiocarbonyl (C=S) groups is 1. The summed E-state index contributed by atoms with van der Waals surface area (Å²) < 4.78 is 24.3. The number of ether oxygens (including phenoxy) is 2. The molecule has 0 saturated carbocycles. The Bertz CT molecular complexity index is 791. The number of hydrogen-bond donors (Lipinski definition) is 1. The predicted octanol–water partition coefficient (Wildman–Crippen LogP) is 1.50. The highest BCUT2D eigenvalue weighted by Gasteiger charge is 2.33. The molecule has 2 heterocycles. The topological polar surface area (TPSA) is 67.9 Å². The average molecular weight is 348 g/mol. The third kappa shape index (κ3) is 2.93. The molecule has 24 heavy (non-hydrogen) atoms. The van der Waals surface area contributed by atoms with Crippen LogP contribution in [-0.4, -0.2) is 35.2 Å². The minimum atomic E-state index is -0.643. The van der Waals surface area contributed by atoms with Gasteiger partial charge in [-0.15, -0.1) is 6.58 Å². The van der Waals surface area contributed by atoms with Crippen LogP contribution in [0.2, 0.25) is 0 Å². The molecule has 0 atom stereocenters. The van der Waals surface area contributed by atoms with Crippen LogP contribution in [-0.2, 0) is 20.9 Å². The summed E-state index contributed by atoms with van der Waals surface area (Å²) in [6, 6.07) is 2.49. The third-order valence-electron chi connectivity index (χ3n) is 3.50. The monoisotopic (exact) mass is 348 g/mol. The molecule has 2 amide bonds. The van der Waals surface area contributed by atoms with Crippen molar-refractivity contribution in [1.82, 2.24) is 10.2 Å². The minimum absolute atomic E-state index is 0.00738. The molecular weight excluding hydrogens is 335 g/mol. The molecule has 0 unspecified atom stereocenters. The molecular formula is C16H13FN2O4S. The van der Waals surface area contributed by atoms with Gasteiger partial charge in [-0.1, -0.05) is 6.08 Å². The number of benzene rings is 1. The fourth-order valence-electron chi connectivity index (χ4n) is 2.46. The molecule has 2 aliphatic rings. The molecule has 0 spiro atoms. The van der Waals surface area contributed by atoms with Crippen molar-refractivity contribution in [1.29, 1.82) is 0 Å². The van der Waals surface area contributed by atoms with Crippen LogP contribution < -0.4 is 10.1 Å². The zero-order chi connectivity index (χ0) is 17.3. The standard InChI is InChI=1S/C16H13FN2O4S/c1-2-3-19-15(21)12(14(20)18-16(19)24)6-9-4-11(17)5-10-7-22-8-23-13(9)10/h2,4-6H,1,3,7-8H2,(H,18,20,24)/b12-6+. The number of nitrogens with zero attached hydrogens (tertiary/aromatic N) is 1. The third-order valence-corrected chi connectivity index (χ3v) is 3.82. The quantitative estimate of drug-likeness (QED) is 0.388. The summed E-state index contributed by atoms with van der Waals surface area (Å²) >= 11 is 4.98. The lowest BCUT2D eigenvalue weighted by Crippen LogP contribution is -2.53. The van der Waals surface area contributed by atoms with E-state index < -0.39 is 17.6 Å². The van der Waals surface area contributed by atoms with Gasteiger partial charge in [0.05, 0.1) is 6.61 Å². The number of carbonyl (C=O) groups is 2. The number of carbonyl (C=O) groups excluding carboxylic acids is 2. The molecule has 0 aromatic heterocycles. The lowest BCUT2D eigenvalue weighted by Gasteiger charge is -2.28. The molecule has 6 nitrogen and oxygen atoms in total. The Kier molecular flexibility index (Phi) is 4.41. The van der Waals surface area contributed by atoms with Crippen LogP contribution >= 0.6 is 12.2 Å². The van der Waals surface area contributed by atoms with Gasteiger partial charge in [0.15, 0.2) is 11.9 Å². The zero-order valence-corrected chi connectivity index (χ0v) is 13.3.